The normalized spacial score (nSPS) is 30.2. The third-order valence-electron chi connectivity index (χ3n) is 4.60. The van der Waals surface area contributed by atoms with Crippen molar-refractivity contribution in [2.75, 3.05) is 46.4 Å². The molecule has 3 aliphatic heterocycles. The van der Waals surface area contributed by atoms with Gasteiger partial charge in [0.1, 0.15) is 5.75 Å². The lowest BCUT2D eigenvalue weighted by molar-refractivity contribution is -0.00374. The molecule has 110 valence electrons. The van der Waals surface area contributed by atoms with Crippen LogP contribution in [0.2, 0.25) is 0 Å². The van der Waals surface area contributed by atoms with Gasteiger partial charge in [-0.15, -0.1) is 0 Å². The molecule has 3 fully saturated rings. The summed E-state index contributed by atoms with van der Waals surface area (Å²) < 4.78 is 5.57. The monoisotopic (exact) mass is 275 g/mol. The summed E-state index contributed by atoms with van der Waals surface area (Å²) in [7, 11) is 1.76. The fraction of sp³-hybridized carbons (Fsp3) is 0.625. The first-order valence-corrected chi connectivity index (χ1v) is 7.66. The summed E-state index contributed by atoms with van der Waals surface area (Å²) in [6, 6.07) is 9.32. The fourth-order valence-electron chi connectivity index (χ4n) is 3.57. The lowest BCUT2D eigenvalue weighted by Gasteiger charge is -2.50. The molecule has 4 nitrogen and oxygen atoms in total. The van der Waals surface area contributed by atoms with Crippen molar-refractivity contribution in [3.63, 3.8) is 0 Å². The number of ether oxygens (including phenoxy) is 1. The van der Waals surface area contributed by atoms with Crippen LogP contribution >= 0.6 is 0 Å². The highest BCUT2D eigenvalue weighted by Crippen LogP contribution is 2.32. The van der Waals surface area contributed by atoms with E-state index in [0.29, 0.717) is 12.1 Å². The second kappa shape index (κ2) is 6.12. The molecule has 1 aromatic rings. The number of benzene rings is 1. The predicted molar refractivity (Wildman–Crippen MR) is 81.2 cm³/mol. The molecule has 1 aromatic carbocycles. The molecule has 3 saturated heterocycles. The van der Waals surface area contributed by atoms with E-state index < -0.39 is 0 Å². The lowest BCUT2D eigenvalue weighted by atomic mass is 9.93. The van der Waals surface area contributed by atoms with Crippen molar-refractivity contribution >= 4 is 0 Å². The van der Waals surface area contributed by atoms with Gasteiger partial charge in [0.15, 0.2) is 0 Å². The van der Waals surface area contributed by atoms with E-state index in [1.807, 2.05) is 6.07 Å². The summed E-state index contributed by atoms with van der Waals surface area (Å²) in [4.78, 5) is 5.23. The van der Waals surface area contributed by atoms with Crippen LogP contribution in [0.15, 0.2) is 24.3 Å². The Morgan fingerprint density at radius 1 is 1.25 bits per heavy atom. The first kappa shape index (κ1) is 13.9. The molecule has 4 heteroatoms. The molecular weight excluding hydrogens is 250 g/mol. The van der Waals surface area contributed by atoms with Gasteiger partial charge in [-0.25, -0.2) is 0 Å². The van der Waals surface area contributed by atoms with Crippen LogP contribution in [0.1, 0.15) is 18.5 Å². The summed E-state index contributed by atoms with van der Waals surface area (Å²) in [5.41, 5.74) is 1.29. The number of nitrogens with zero attached hydrogens (tertiary/aromatic N) is 2. The van der Waals surface area contributed by atoms with Gasteiger partial charge in [0.05, 0.1) is 13.2 Å². The highest BCUT2D eigenvalue weighted by Gasteiger charge is 2.37. The number of likely N-dealkylation sites (N-methyl/N-ethyl adjacent to an activating group) is 1. The maximum Gasteiger partial charge on any atom is 0.123 e. The highest BCUT2D eigenvalue weighted by molar-refractivity contribution is 5.37. The molecule has 0 aromatic heterocycles. The number of rotatable bonds is 5. The van der Waals surface area contributed by atoms with Crippen LogP contribution in [-0.2, 0) is 0 Å². The number of hydrogen-bond donors (Lipinski definition) is 1. The van der Waals surface area contributed by atoms with Gasteiger partial charge in [-0.2, -0.15) is 0 Å². The quantitative estimate of drug-likeness (QED) is 0.878. The molecule has 2 unspecified atom stereocenters. The lowest BCUT2D eigenvalue weighted by Crippen LogP contribution is -2.64. The van der Waals surface area contributed by atoms with Crippen LogP contribution in [0.4, 0.5) is 0 Å². The van der Waals surface area contributed by atoms with Gasteiger partial charge < -0.3 is 10.1 Å². The van der Waals surface area contributed by atoms with E-state index in [-0.39, 0.29) is 0 Å². The maximum absolute atomic E-state index is 5.57. The summed E-state index contributed by atoms with van der Waals surface area (Å²) in [5.74, 6) is 0.996. The Bertz CT molecular complexity index is 443. The molecule has 0 radical (unpaired) electrons. The molecule has 3 heterocycles. The van der Waals surface area contributed by atoms with E-state index in [1.165, 1.54) is 31.7 Å². The Hall–Kier alpha value is -1.10. The number of methoxy groups -OCH3 is 1. The van der Waals surface area contributed by atoms with Crippen LogP contribution in [0.25, 0.3) is 0 Å². The number of fused-ring (bicyclic) bond motifs is 3. The number of nitrogens with one attached hydrogen (secondary N) is 1. The molecule has 4 rings (SSSR count). The molecule has 20 heavy (non-hydrogen) atoms. The van der Waals surface area contributed by atoms with Crippen molar-refractivity contribution in [3.8, 4) is 5.75 Å². The molecule has 0 spiro atoms. The molecule has 2 bridgehead atoms. The van der Waals surface area contributed by atoms with Crippen LogP contribution in [-0.4, -0.2) is 62.2 Å². The molecule has 0 amide bonds. The molecule has 2 atom stereocenters. The highest BCUT2D eigenvalue weighted by atomic mass is 16.5. The molecule has 1 N–H and O–H groups in total. The Balaban J connectivity index is 1.88. The zero-order valence-electron chi connectivity index (χ0n) is 12.5. The average Bonchev–Trinajstić information content (AvgIpc) is 2.53. The molecule has 3 aliphatic rings. The van der Waals surface area contributed by atoms with Crippen molar-refractivity contribution in [3.05, 3.63) is 29.8 Å². The Morgan fingerprint density at radius 3 is 2.60 bits per heavy atom. The topological polar surface area (TPSA) is 27.7 Å². The predicted octanol–water partition coefficient (Wildman–Crippen LogP) is 1.35. The third kappa shape index (κ3) is 2.55. The van der Waals surface area contributed by atoms with Crippen molar-refractivity contribution in [1.29, 1.82) is 0 Å². The van der Waals surface area contributed by atoms with Crippen molar-refractivity contribution in [2.45, 2.75) is 19.0 Å². The van der Waals surface area contributed by atoms with Gasteiger partial charge in [-0.3, -0.25) is 9.80 Å². The van der Waals surface area contributed by atoms with E-state index in [4.69, 9.17) is 4.74 Å². The minimum Gasteiger partial charge on any atom is -0.496 e. The Kier molecular flexibility index (Phi) is 4.24. The minimum absolute atomic E-state index is 0.347. The van der Waals surface area contributed by atoms with E-state index in [9.17, 15) is 0 Å². The van der Waals surface area contributed by atoms with E-state index in [0.717, 1.165) is 18.8 Å². The standard InChI is InChI=1S/C16H25N3O/c1-3-17-16(13-6-4-5-7-15(13)20-2)14-12-18-8-10-19(14)11-9-18/h4-7,14,16-17H,3,8-12H2,1-2H3. The molecule has 0 saturated carbocycles. The zero-order valence-corrected chi connectivity index (χ0v) is 12.5. The summed E-state index contributed by atoms with van der Waals surface area (Å²) in [6.07, 6.45) is 0. The van der Waals surface area contributed by atoms with Gasteiger partial charge >= 0.3 is 0 Å². The summed E-state index contributed by atoms with van der Waals surface area (Å²) in [6.45, 7) is 9.16. The van der Waals surface area contributed by atoms with Crippen LogP contribution in [0.5, 0.6) is 5.75 Å². The van der Waals surface area contributed by atoms with Crippen LogP contribution in [0, 0.1) is 0 Å². The molecular formula is C16H25N3O. The minimum atomic E-state index is 0.347. The average molecular weight is 275 g/mol. The van der Waals surface area contributed by atoms with Crippen molar-refractivity contribution in [2.24, 2.45) is 0 Å². The van der Waals surface area contributed by atoms with Gasteiger partial charge in [-0.1, -0.05) is 25.1 Å². The van der Waals surface area contributed by atoms with Gasteiger partial charge in [0, 0.05) is 44.3 Å². The second-order valence-electron chi connectivity index (χ2n) is 5.68. The Morgan fingerprint density at radius 2 is 2.00 bits per heavy atom. The second-order valence-corrected chi connectivity index (χ2v) is 5.68. The van der Waals surface area contributed by atoms with Crippen LogP contribution < -0.4 is 10.1 Å². The van der Waals surface area contributed by atoms with E-state index in [2.05, 4.69) is 40.2 Å². The van der Waals surface area contributed by atoms with E-state index in [1.54, 1.807) is 7.11 Å². The van der Waals surface area contributed by atoms with Gasteiger partial charge in [-0.05, 0) is 12.6 Å². The number of hydrogen-bond acceptors (Lipinski definition) is 4. The fourth-order valence-corrected chi connectivity index (χ4v) is 3.57. The van der Waals surface area contributed by atoms with Gasteiger partial charge in [0.25, 0.3) is 0 Å². The largest absolute Gasteiger partial charge is 0.496 e. The van der Waals surface area contributed by atoms with Crippen LogP contribution in [0.3, 0.4) is 0 Å². The maximum atomic E-state index is 5.57. The third-order valence-corrected chi connectivity index (χ3v) is 4.60. The molecule has 0 aliphatic carbocycles. The van der Waals surface area contributed by atoms with Crippen molar-refractivity contribution in [1.82, 2.24) is 15.1 Å². The number of para-hydroxylation sites is 1. The smallest absolute Gasteiger partial charge is 0.123 e. The summed E-state index contributed by atoms with van der Waals surface area (Å²) in [5, 5.41) is 3.68. The van der Waals surface area contributed by atoms with Gasteiger partial charge in [0.2, 0.25) is 0 Å². The zero-order chi connectivity index (χ0) is 13.9. The SMILES string of the molecule is CCNC(c1ccccc1OC)C1CN2CCN1CC2. The van der Waals surface area contributed by atoms with Crippen molar-refractivity contribution < 1.29 is 4.74 Å². The first-order valence-electron chi connectivity index (χ1n) is 7.66. The Labute approximate surface area is 121 Å². The van der Waals surface area contributed by atoms with E-state index >= 15 is 0 Å². The summed E-state index contributed by atoms with van der Waals surface area (Å²) >= 11 is 0. The first-order chi connectivity index (χ1) is 9.83. The number of piperazine rings is 3.